The Kier molecular flexibility index (Phi) is 4.30. The molecule has 1 aliphatic heterocycles. The van der Waals surface area contributed by atoms with E-state index in [-0.39, 0.29) is 11.6 Å². The molecule has 1 aromatic carbocycles. The number of aromatic nitrogens is 3. The topological polar surface area (TPSA) is 97.3 Å². The van der Waals surface area contributed by atoms with Crippen LogP contribution in [0.15, 0.2) is 42.6 Å². The number of nitrogens with two attached hydrogens (primary N) is 1. The van der Waals surface area contributed by atoms with Gasteiger partial charge in [0.1, 0.15) is 0 Å². The molecule has 2 aromatic heterocycles. The van der Waals surface area contributed by atoms with Crippen molar-refractivity contribution in [3.8, 4) is 0 Å². The Morgan fingerprint density at radius 2 is 2.12 bits per heavy atom. The Balaban J connectivity index is 1.72. The summed E-state index contributed by atoms with van der Waals surface area (Å²) < 4.78 is 2.14. The minimum atomic E-state index is -0.972. The van der Waals surface area contributed by atoms with Gasteiger partial charge in [0.25, 0.3) is 0 Å². The second-order valence-electron chi connectivity index (χ2n) is 6.68. The molecule has 1 fully saturated rings. The van der Waals surface area contributed by atoms with E-state index in [2.05, 4.69) is 14.5 Å². The maximum absolute atomic E-state index is 11.0. The SMILES string of the molecule is N[C@H]1CCCN(c2nc3ccccc3n2Cc2ccc(C(=O)O)cn2)C1. The van der Waals surface area contributed by atoms with E-state index in [1.165, 1.54) is 6.20 Å². The van der Waals surface area contributed by atoms with Gasteiger partial charge < -0.3 is 20.3 Å². The Bertz CT molecular complexity index is 935. The third-order valence-corrected chi connectivity index (χ3v) is 4.77. The van der Waals surface area contributed by atoms with E-state index in [0.29, 0.717) is 6.54 Å². The molecule has 7 heteroatoms. The summed E-state index contributed by atoms with van der Waals surface area (Å²) >= 11 is 0. The molecule has 3 heterocycles. The maximum Gasteiger partial charge on any atom is 0.337 e. The van der Waals surface area contributed by atoms with Crippen molar-refractivity contribution in [1.29, 1.82) is 0 Å². The van der Waals surface area contributed by atoms with E-state index in [1.54, 1.807) is 12.1 Å². The first-order valence-electron chi connectivity index (χ1n) is 8.76. The summed E-state index contributed by atoms with van der Waals surface area (Å²) in [6.07, 6.45) is 3.48. The van der Waals surface area contributed by atoms with Gasteiger partial charge in [0.2, 0.25) is 5.95 Å². The van der Waals surface area contributed by atoms with E-state index < -0.39 is 5.97 Å². The van der Waals surface area contributed by atoms with Crippen molar-refractivity contribution < 1.29 is 9.90 Å². The average molecular weight is 351 g/mol. The first kappa shape index (κ1) is 16.5. The van der Waals surface area contributed by atoms with Crippen LogP contribution in [-0.4, -0.2) is 44.7 Å². The second-order valence-corrected chi connectivity index (χ2v) is 6.68. The number of pyridine rings is 1. The highest BCUT2D eigenvalue weighted by Gasteiger charge is 2.22. The number of carboxylic acids is 1. The van der Waals surface area contributed by atoms with Gasteiger partial charge in [-0.15, -0.1) is 0 Å². The largest absolute Gasteiger partial charge is 0.478 e. The first-order chi connectivity index (χ1) is 12.6. The van der Waals surface area contributed by atoms with E-state index in [1.807, 2.05) is 24.3 Å². The number of anilines is 1. The normalized spacial score (nSPS) is 17.6. The number of aromatic carboxylic acids is 1. The third-order valence-electron chi connectivity index (χ3n) is 4.77. The monoisotopic (exact) mass is 351 g/mol. The zero-order valence-corrected chi connectivity index (χ0v) is 14.4. The average Bonchev–Trinajstić information content (AvgIpc) is 3.01. The van der Waals surface area contributed by atoms with Crippen LogP contribution in [0.5, 0.6) is 0 Å². The molecule has 0 saturated carbocycles. The summed E-state index contributed by atoms with van der Waals surface area (Å²) in [4.78, 5) is 22.4. The van der Waals surface area contributed by atoms with Gasteiger partial charge in [-0.2, -0.15) is 0 Å². The molecule has 0 radical (unpaired) electrons. The molecule has 4 rings (SSSR count). The molecule has 3 N–H and O–H groups in total. The van der Waals surface area contributed by atoms with Crippen LogP contribution in [0.2, 0.25) is 0 Å². The van der Waals surface area contributed by atoms with Gasteiger partial charge in [0.15, 0.2) is 0 Å². The molecule has 0 amide bonds. The smallest absolute Gasteiger partial charge is 0.337 e. The van der Waals surface area contributed by atoms with Crippen molar-refractivity contribution in [2.45, 2.75) is 25.4 Å². The van der Waals surface area contributed by atoms with Crippen LogP contribution in [0.25, 0.3) is 11.0 Å². The van der Waals surface area contributed by atoms with Gasteiger partial charge in [-0.3, -0.25) is 4.98 Å². The first-order valence-corrected chi connectivity index (χ1v) is 8.76. The van der Waals surface area contributed by atoms with Crippen LogP contribution in [0.1, 0.15) is 28.9 Å². The number of fused-ring (bicyclic) bond motifs is 1. The summed E-state index contributed by atoms with van der Waals surface area (Å²) in [5.41, 5.74) is 9.10. The number of imidazole rings is 1. The fourth-order valence-electron chi connectivity index (χ4n) is 3.46. The number of nitrogens with zero attached hydrogens (tertiary/aromatic N) is 4. The lowest BCUT2D eigenvalue weighted by Gasteiger charge is -2.32. The van der Waals surface area contributed by atoms with Crippen molar-refractivity contribution in [2.24, 2.45) is 5.73 Å². The fraction of sp³-hybridized carbons (Fsp3) is 0.316. The fourth-order valence-corrected chi connectivity index (χ4v) is 3.46. The molecule has 1 atom stereocenters. The molecule has 0 bridgehead atoms. The van der Waals surface area contributed by atoms with E-state index in [0.717, 1.165) is 48.6 Å². The summed E-state index contributed by atoms with van der Waals surface area (Å²) in [6, 6.07) is 11.5. The Morgan fingerprint density at radius 3 is 2.85 bits per heavy atom. The second kappa shape index (κ2) is 6.76. The number of carboxylic acid groups (broad SMARTS) is 1. The van der Waals surface area contributed by atoms with E-state index in [4.69, 9.17) is 15.8 Å². The molecule has 7 nitrogen and oxygen atoms in total. The van der Waals surface area contributed by atoms with Crippen molar-refractivity contribution in [3.05, 3.63) is 53.9 Å². The minimum absolute atomic E-state index is 0.157. The van der Waals surface area contributed by atoms with Crippen molar-refractivity contribution in [1.82, 2.24) is 14.5 Å². The molecule has 0 spiro atoms. The molecular formula is C19H21N5O2. The molecule has 26 heavy (non-hydrogen) atoms. The third kappa shape index (κ3) is 3.13. The highest BCUT2D eigenvalue weighted by Crippen LogP contribution is 2.26. The van der Waals surface area contributed by atoms with Gasteiger partial charge in [0, 0.05) is 25.3 Å². The van der Waals surface area contributed by atoms with E-state index in [9.17, 15) is 4.79 Å². The predicted octanol–water partition coefficient (Wildman–Crippen LogP) is 2.11. The lowest BCUT2D eigenvalue weighted by molar-refractivity contribution is 0.0696. The summed E-state index contributed by atoms with van der Waals surface area (Å²) in [5, 5.41) is 9.04. The number of piperidine rings is 1. The maximum atomic E-state index is 11.0. The van der Waals surface area contributed by atoms with Gasteiger partial charge in [-0.1, -0.05) is 12.1 Å². The van der Waals surface area contributed by atoms with Gasteiger partial charge in [-0.25, -0.2) is 9.78 Å². The Hall–Kier alpha value is -2.93. The van der Waals surface area contributed by atoms with Crippen molar-refractivity contribution in [3.63, 3.8) is 0 Å². The van der Waals surface area contributed by atoms with Crippen LogP contribution < -0.4 is 10.6 Å². The standard InChI is InChI=1S/C19H21N5O2/c20-14-4-3-9-23(11-14)19-22-16-5-1-2-6-17(16)24(19)12-15-8-7-13(10-21-15)18(25)26/h1-2,5-8,10,14H,3-4,9,11-12,20H2,(H,25,26)/t14-/m0/s1. The molecule has 3 aromatic rings. The number of para-hydroxylation sites is 2. The summed E-state index contributed by atoms with van der Waals surface area (Å²) in [5.74, 6) is -0.0782. The lowest BCUT2D eigenvalue weighted by Crippen LogP contribution is -2.44. The van der Waals surface area contributed by atoms with Gasteiger partial charge in [-0.05, 0) is 37.1 Å². The minimum Gasteiger partial charge on any atom is -0.478 e. The molecule has 0 aliphatic carbocycles. The number of hydrogen-bond donors (Lipinski definition) is 2. The highest BCUT2D eigenvalue weighted by molar-refractivity contribution is 5.87. The number of rotatable bonds is 4. The summed E-state index contributed by atoms with van der Waals surface area (Å²) in [6.45, 7) is 2.25. The quantitative estimate of drug-likeness (QED) is 0.747. The Morgan fingerprint density at radius 1 is 1.27 bits per heavy atom. The van der Waals surface area contributed by atoms with Crippen LogP contribution >= 0.6 is 0 Å². The van der Waals surface area contributed by atoms with Crippen molar-refractivity contribution in [2.75, 3.05) is 18.0 Å². The molecule has 134 valence electrons. The molecule has 0 unspecified atom stereocenters. The van der Waals surface area contributed by atoms with Crippen LogP contribution in [0.4, 0.5) is 5.95 Å². The van der Waals surface area contributed by atoms with Crippen LogP contribution in [0, 0.1) is 0 Å². The van der Waals surface area contributed by atoms with Crippen LogP contribution in [-0.2, 0) is 6.54 Å². The van der Waals surface area contributed by atoms with E-state index >= 15 is 0 Å². The predicted molar refractivity (Wildman–Crippen MR) is 99.5 cm³/mol. The zero-order chi connectivity index (χ0) is 18.1. The number of hydrogen-bond acceptors (Lipinski definition) is 5. The van der Waals surface area contributed by atoms with Crippen molar-refractivity contribution >= 4 is 23.0 Å². The zero-order valence-electron chi connectivity index (χ0n) is 14.4. The van der Waals surface area contributed by atoms with Crippen LogP contribution in [0.3, 0.4) is 0 Å². The van der Waals surface area contributed by atoms with Gasteiger partial charge in [0.05, 0.1) is 28.8 Å². The molecule has 1 aliphatic rings. The molecule has 1 saturated heterocycles. The lowest BCUT2D eigenvalue weighted by atomic mass is 10.1. The summed E-state index contributed by atoms with van der Waals surface area (Å²) in [7, 11) is 0. The molecular weight excluding hydrogens is 330 g/mol. The number of carbonyl (C=O) groups is 1. The Labute approximate surface area is 151 Å². The highest BCUT2D eigenvalue weighted by atomic mass is 16.4. The number of benzene rings is 1. The van der Waals surface area contributed by atoms with Gasteiger partial charge >= 0.3 is 5.97 Å².